The lowest BCUT2D eigenvalue weighted by Gasteiger charge is -2.22. The summed E-state index contributed by atoms with van der Waals surface area (Å²) >= 11 is 0. The molecule has 3 saturated heterocycles. The second kappa shape index (κ2) is 1.85. The molecular formula is C9H12BO. The number of rotatable bonds is 0. The summed E-state index contributed by atoms with van der Waals surface area (Å²) in [6.07, 6.45) is 2.79. The summed E-state index contributed by atoms with van der Waals surface area (Å²) in [5.74, 6) is 4.26. The maximum absolute atomic E-state index is 5.49. The van der Waals surface area contributed by atoms with Crippen LogP contribution in [0.2, 0.25) is 11.6 Å². The average molecular weight is 147 g/mol. The molecule has 57 valence electrons. The topological polar surface area (TPSA) is 9.23 Å². The van der Waals surface area contributed by atoms with Crippen molar-refractivity contribution >= 4 is 7.28 Å². The molecule has 4 unspecified atom stereocenters. The minimum atomic E-state index is 0.703. The van der Waals surface area contributed by atoms with Gasteiger partial charge >= 0.3 is 0 Å². The predicted octanol–water partition coefficient (Wildman–Crippen LogP) is 1.85. The zero-order valence-corrected chi connectivity index (χ0v) is 6.62. The Balaban J connectivity index is 1.97. The molecule has 3 heterocycles. The van der Waals surface area contributed by atoms with Crippen LogP contribution in [-0.2, 0) is 4.74 Å². The van der Waals surface area contributed by atoms with Gasteiger partial charge in [0.1, 0.15) is 7.28 Å². The maximum Gasteiger partial charge on any atom is 0.119 e. The second-order valence-corrected chi connectivity index (χ2v) is 4.06. The van der Waals surface area contributed by atoms with Crippen molar-refractivity contribution in [2.24, 2.45) is 11.8 Å². The van der Waals surface area contributed by atoms with Crippen molar-refractivity contribution in [3.63, 3.8) is 0 Å². The van der Waals surface area contributed by atoms with Gasteiger partial charge in [0.15, 0.2) is 0 Å². The summed E-state index contributed by atoms with van der Waals surface area (Å²) in [6.45, 7) is 4.92. The van der Waals surface area contributed by atoms with Crippen LogP contribution in [0.3, 0.4) is 0 Å². The molecule has 0 aromatic rings. The standard InChI is InChI=1S/C9H12BO/c1-5-9-6(4-11-5)7-2-3-8(9)10-7/h6-9H,1-4H2. The summed E-state index contributed by atoms with van der Waals surface area (Å²) in [5, 5.41) is 0. The van der Waals surface area contributed by atoms with Crippen molar-refractivity contribution in [1.29, 1.82) is 0 Å². The van der Waals surface area contributed by atoms with E-state index in [0.29, 0.717) is 5.92 Å². The summed E-state index contributed by atoms with van der Waals surface area (Å²) in [6, 6.07) is 0. The number of fused-ring (bicyclic) bond motifs is 5. The smallest absolute Gasteiger partial charge is 0.119 e. The van der Waals surface area contributed by atoms with E-state index in [1.54, 1.807) is 0 Å². The van der Waals surface area contributed by atoms with Gasteiger partial charge in [0, 0.05) is 5.92 Å². The quantitative estimate of drug-likeness (QED) is 0.475. The molecule has 3 fully saturated rings. The third kappa shape index (κ3) is 0.634. The van der Waals surface area contributed by atoms with E-state index in [-0.39, 0.29) is 0 Å². The lowest BCUT2D eigenvalue weighted by Crippen LogP contribution is -2.14. The zero-order chi connectivity index (χ0) is 7.42. The van der Waals surface area contributed by atoms with Gasteiger partial charge in [-0.1, -0.05) is 31.1 Å². The first-order valence-electron chi connectivity index (χ1n) is 4.53. The molecule has 0 aliphatic carbocycles. The van der Waals surface area contributed by atoms with Gasteiger partial charge in [0.2, 0.25) is 0 Å². The third-order valence-corrected chi connectivity index (χ3v) is 3.63. The number of ether oxygens (including phenoxy) is 1. The van der Waals surface area contributed by atoms with E-state index in [1.807, 2.05) is 0 Å². The average Bonchev–Trinajstić information content (AvgIpc) is 2.60. The van der Waals surface area contributed by atoms with Crippen LogP contribution in [-0.4, -0.2) is 13.9 Å². The first-order chi connectivity index (χ1) is 5.36. The Bertz CT molecular complexity index is 214. The van der Waals surface area contributed by atoms with Crippen molar-refractivity contribution in [3.8, 4) is 0 Å². The van der Waals surface area contributed by atoms with Gasteiger partial charge in [-0.3, -0.25) is 0 Å². The molecule has 0 aromatic carbocycles. The molecule has 0 saturated carbocycles. The molecule has 3 aliphatic rings. The van der Waals surface area contributed by atoms with Gasteiger partial charge in [-0.25, -0.2) is 0 Å². The predicted molar refractivity (Wildman–Crippen MR) is 44.6 cm³/mol. The highest BCUT2D eigenvalue weighted by molar-refractivity contribution is 6.42. The van der Waals surface area contributed by atoms with E-state index in [1.165, 1.54) is 12.8 Å². The molecule has 0 aromatic heterocycles. The van der Waals surface area contributed by atoms with Gasteiger partial charge in [-0.05, 0) is 5.92 Å². The van der Waals surface area contributed by atoms with Gasteiger partial charge in [0.05, 0.1) is 12.4 Å². The molecule has 3 rings (SSSR count). The van der Waals surface area contributed by atoms with Crippen LogP contribution < -0.4 is 0 Å². The minimum absolute atomic E-state index is 0.703. The molecule has 0 N–H and O–H groups in total. The molecule has 0 spiro atoms. The number of hydrogen-bond acceptors (Lipinski definition) is 1. The highest BCUT2D eigenvalue weighted by Crippen LogP contribution is 2.59. The van der Waals surface area contributed by atoms with Gasteiger partial charge < -0.3 is 4.74 Å². The fourth-order valence-electron chi connectivity index (χ4n) is 3.14. The van der Waals surface area contributed by atoms with Crippen molar-refractivity contribution in [1.82, 2.24) is 0 Å². The van der Waals surface area contributed by atoms with Crippen molar-refractivity contribution < 1.29 is 4.74 Å². The Morgan fingerprint density at radius 2 is 2.18 bits per heavy atom. The maximum atomic E-state index is 5.49. The van der Waals surface area contributed by atoms with Crippen molar-refractivity contribution in [2.75, 3.05) is 6.61 Å². The van der Waals surface area contributed by atoms with E-state index < -0.39 is 0 Å². The summed E-state index contributed by atoms with van der Waals surface area (Å²) in [5.41, 5.74) is 0. The Kier molecular flexibility index (Phi) is 1.04. The lowest BCUT2D eigenvalue weighted by atomic mass is 9.65. The largest absolute Gasteiger partial charge is 0.498 e. The SMILES string of the molecule is C=C1OCC2C3[B]C(CC3)C12. The zero-order valence-electron chi connectivity index (χ0n) is 6.62. The van der Waals surface area contributed by atoms with Crippen molar-refractivity contribution in [3.05, 3.63) is 12.3 Å². The molecule has 0 amide bonds. The lowest BCUT2D eigenvalue weighted by molar-refractivity contribution is 0.238. The van der Waals surface area contributed by atoms with Crippen LogP contribution in [0.15, 0.2) is 12.3 Å². The molecule has 1 nitrogen and oxygen atoms in total. The highest BCUT2D eigenvalue weighted by Gasteiger charge is 2.52. The molecule has 2 bridgehead atoms. The normalized spacial score (nSPS) is 52.2. The molecular weight excluding hydrogens is 135 g/mol. The van der Waals surface area contributed by atoms with E-state index in [4.69, 9.17) is 4.74 Å². The molecule has 2 heteroatoms. The van der Waals surface area contributed by atoms with E-state index in [0.717, 1.165) is 29.9 Å². The highest BCUT2D eigenvalue weighted by atomic mass is 16.5. The van der Waals surface area contributed by atoms with Crippen LogP contribution in [0.4, 0.5) is 0 Å². The van der Waals surface area contributed by atoms with Gasteiger partial charge in [-0.15, -0.1) is 0 Å². The third-order valence-electron chi connectivity index (χ3n) is 3.63. The van der Waals surface area contributed by atoms with Crippen LogP contribution in [0.25, 0.3) is 0 Å². The molecule has 4 atom stereocenters. The van der Waals surface area contributed by atoms with Crippen molar-refractivity contribution in [2.45, 2.75) is 24.5 Å². The fraction of sp³-hybridized carbons (Fsp3) is 0.778. The molecule has 1 radical (unpaired) electrons. The number of allylic oxidation sites excluding steroid dienone is 1. The van der Waals surface area contributed by atoms with E-state index in [2.05, 4.69) is 13.9 Å². The van der Waals surface area contributed by atoms with Gasteiger partial charge in [-0.2, -0.15) is 0 Å². The second-order valence-electron chi connectivity index (χ2n) is 4.06. The first-order valence-corrected chi connectivity index (χ1v) is 4.53. The van der Waals surface area contributed by atoms with Crippen LogP contribution in [0, 0.1) is 11.8 Å². The van der Waals surface area contributed by atoms with E-state index >= 15 is 0 Å². The van der Waals surface area contributed by atoms with E-state index in [9.17, 15) is 0 Å². The Morgan fingerprint density at radius 1 is 1.36 bits per heavy atom. The summed E-state index contributed by atoms with van der Waals surface area (Å²) in [4.78, 5) is 0. The molecule has 3 aliphatic heterocycles. The fourth-order valence-corrected chi connectivity index (χ4v) is 3.14. The van der Waals surface area contributed by atoms with Gasteiger partial charge in [0.25, 0.3) is 0 Å². The van der Waals surface area contributed by atoms with Crippen LogP contribution in [0.1, 0.15) is 12.8 Å². The van der Waals surface area contributed by atoms with Crippen LogP contribution in [0.5, 0.6) is 0 Å². The Labute approximate surface area is 68.1 Å². The minimum Gasteiger partial charge on any atom is -0.498 e. The number of hydrogen-bond donors (Lipinski definition) is 0. The molecule has 11 heavy (non-hydrogen) atoms. The summed E-state index contributed by atoms with van der Waals surface area (Å²) < 4.78 is 5.49. The first kappa shape index (κ1) is 6.16. The monoisotopic (exact) mass is 147 g/mol. The Morgan fingerprint density at radius 3 is 3.00 bits per heavy atom. The Hall–Kier alpha value is -0.395. The van der Waals surface area contributed by atoms with Crippen LogP contribution >= 0.6 is 0 Å². The summed E-state index contributed by atoms with van der Waals surface area (Å²) in [7, 11) is 2.54.